The van der Waals surface area contributed by atoms with E-state index in [1.807, 2.05) is 0 Å². The second-order valence-electron chi connectivity index (χ2n) is 5.61. The number of hydrogen-bond donors (Lipinski definition) is 1. The zero-order valence-corrected chi connectivity index (χ0v) is 11.5. The molecule has 1 saturated heterocycles. The van der Waals surface area contributed by atoms with Crippen molar-refractivity contribution in [2.75, 3.05) is 38.2 Å². The predicted molar refractivity (Wildman–Crippen MR) is 69.9 cm³/mol. The molecule has 17 heavy (non-hydrogen) atoms. The number of hydrogen-bond acceptors (Lipinski definition) is 4. The molecule has 0 amide bonds. The molecule has 1 saturated carbocycles. The molecule has 0 spiro atoms. The highest BCUT2D eigenvalue weighted by Crippen LogP contribution is 2.26. The van der Waals surface area contributed by atoms with E-state index in [2.05, 4.69) is 17.3 Å². The molecule has 1 heterocycles. The third-order valence-corrected chi connectivity index (χ3v) is 5.72. The van der Waals surface area contributed by atoms with Gasteiger partial charge in [-0.3, -0.25) is 0 Å². The van der Waals surface area contributed by atoms with E-state index in [-0.39, 0.29) is 6.04 Å². The van der Waals surface area contributed by atoms with Crippen LogP contribution >= 0.6 is 0 Å². The Balaban J connectivity index is 1.56. The van der Waals surface area contributed by atoms with E-state index in [0.717, 1.165) is 25.4 Å². The summed E-state index contributed by atoms with van der Waals surface area (Å²) in [5.41, 5.74) is 0. The van der Waals surface area contributed by atoms with E-state index in [9.17, 15) is 8.42 Å². The van der Waals surface area contributed by atoms with Crippen LogP contribution in [0.4, 0.5) is 0 Å². The first-order chi connectivity index (χ1) is 8.05. The summed E-state index contributed by atoms with van der Waals surface area (Å²) in [6.07, 6.45) is 4.96. The van der Waals surface area contributed by atoms with Crippen molar-refractivity contribution in [1.82, 2.24) is 10.2 Å². The van der Waals surface area contributed by atoms with E-state index in [1.165, 1.54) is 25.8 Å². The molecule has 2 aliphatic rings. The summed E-state index contributed by atoms with van der Waals surface area (Å²) >= 11 is 0. The van der Waals surface area contributed by atoms with Crippen molar-refractivity contribution in [1.29, 1.82) is 0 Å². The number of likely N-dealkylation sites (N-methyl/N-ethyl adjacent to an activating group) is 1. The quantitative estimate of drug-likeness (QED) is 0.755. The number of nitrogens with zero attached hydrogens (tertiary/aromatic N) is 1. The third kappa shape index (κ3) is 4.23. The Morgan fingerprint density at radius 3 is 2.59 bits per heavy atom. The van der Waals surface area contributed by atoms with Gasteiger partial charge in [0.1, 0.15) is 0 Å². The summed E-state index contributed by atoms with van der Waals surface area (Å²) in [4.78, 5) is 2.36. The molecular weight excluding hydrogens is 236 g/mol. The van der Waals surface area contributed by atoms with Gasteiger partial charge in [-0.05, 0) is 32.2 Å². The molecule has 1 N–H and O–H groups in total. The smallest absolute Gasteiger partial charge is 0.151 e. The lowest BCUT2D eigenvalue weighted by atomic mass is 9.85. The van der Waals surface area contributed by atoms with E-state index >= 15 is 0 Å². The van der Waals surface area contributed by atoms with Crippen LogP contribution in [0, 0.1) is 5.92 Å². The fourth-order valence-corrected chi connectivity index (χ4v) is 4.33. The summed E-state index contributed by atoms with van der Waals surface area (Å²) in [7, 11) is -0.578. The molecule has 1 atom stereocenters. The molecule has 1 unspecified atom stereocenters. The van der Waals surface area contributed by atoms with Gasteiger partial charge in [-0.25, -0.2) is 8.42 Å². The number of sulfone groups is 1. The fraction of sp³-hybridized carbons (Fsp3) is 1.00. The first-order valence-corrected chi connectivity index (χ1v) is 8.50. The van der Waals surface area contributed by atoms with Gasteiger partial charge >= 0.3 is 0 Å². The Morgan fingerprint density at radius 2 is 2.06 bits per heavy atom. The molecule has 2 fully saturated rings. The number of rotatable bonds is 6. The average Bonchev–Trinajstić information content (AvgIpc) is 2.52. The van der Waals surface area contributed by atoms with Gasteiger partial charge in [0, 0.05) is 25.7 Å². The van der Waals surface area contributed by atoms with Gasteiger partial charge in [0.2, 0.25) is 0 Å². The maximum Gasteiger partial charge on any atom is 0.151 e. The molecule has 1 aliphatic carbocycles. The van der Waals surface area contributed by atoms with Gasteiger partial charge in [-0.1, -0.05) is 6.42 Å². The lowest BCUT2D eigenvalue weighted by molar-refractivity contribution is 0.204. The topological polar surface area (TPSA) is 49.4 Å². The molecule has 0 aromatic carbocycles. The lowest BCUT2D eigenvalue weighted by Gasteiger charge is -2.30. The highest BCUT2D eigenvalue weighted by atomic mass is 32.2. The zero-order chi connectivity index (χ0) is 12.3. The minimum absolute atomic E-state index is 0.192. The molecule has 0 aromatic heterocycles. The lowest BCUT2D eigenvalue weighted by Crippen LogP contribution is -2.38. The first-order valence-electron chi connectivity index (χ1n) is 6.67. The van der Waals surface area contributed by atoms with Gasteiger partial charge in [0.05, 0.1) is 11.5 Å². The second-order valence-corrected chi connectivity index (χ2v) is 7.84. The highest BCUT2D eigenvalue weighted by molar-refractivity contribution is 7.91. The molecular formula is C12H24N2O2S. The predicted octanol–water partition coefficient (Wildman–Crippen LogP) is 0.495. The Hall–Kier alpha value is -0.130. The normalized spacial score (nSPS) is 28.5. The summed E-state index contributed by atoms with van der Waals surface area (Å²) in [6.45, 7) is 3.13. The summed E-state index contributed by atoms with van der Waals surface area (Å²) < 4.78 is 22.6. The molecule has 100 valence electrons. The van der Waals surface area contributed by atoms with E-state index in [0.29, 0.717) is 11.5 Å². The van der Waals surface area contributed by atoms with Crippen LogP contribution in [-0.4, -0.2) is 57.5 Å². The monoisotopic (exact) mass is 260 g/mol. The van der Waals surface area contributed by atoms with E-state index < -0.39 is 9.84 Å². The van der Waals surface area contributed by atoms with Crippen LogP contribution in [0.15, 0.2) is 0 Å². The molecule has 4 nitrogen and oxygen atoms in total. The largest absolute Gasteiger partial charge is 0.312 e. The molecule has 5 heteroatoms. The summed E-state index contributed by atoms with van der Waals surface area (Å²) in [6, 6.07) is 0.192. The maximum atomic E-state index is 11.3. The highest BCUT2D eigenvalue weighted by Gasteiger charge is 2.27. The van der Waals surface area contributed by atoms with Crippen LogP contribution < -0.4 is 5.32 Å². The minimum atomic E-state index is -2.74. The van der Waals surface area contributed by atoms with Crippen molar-refractivity contribution < 1.29 is 8.42 Å². The van der Waals surface area contributed by atoms with Crippen LogP contribution in [0.2, 0.25) is 0 Å². The molecule has 0 aromatic rings. The van der Waals surface area contributed by atoms with Crippen molar-refractivity contribution in [2.45, 2.75) is 31.7 Å². The van der Waals surface area contributed by atoms with Gasteiger partial charge in [-0.2, -0.15) is 0 Å². The Morgan fingerprint density at radius 1 is 1.29 bits per heavy atom. The van der Waals surface area contributed by atoms with Gasteiger partial charge in [0.25, 0.3) is 0 Å². The maximum absolute atomic E-state index is 11.3. The number of nitrogens with one attached hydrogen (secondary N) is 1. The fourth-order valence-electron chi connectivity index (χ4n) is 2.62. The van der Waals surface area contributed by atoms with E-state index in [4.69, 9.17) is 0 Å². The molecule has 0 radical (unpaired) electrons. The van der Waals surface area contributed by atoms with Gasteiger partial charge in [-0.15, -0.1) is 0 Å². The van der Waals surface area contributed by atoms with Gasteiger partial charge < -0.3 is 10.2 Å². The van der Waals surface area contributed by atoms with Crippen molar-refractivity contribution in [3.8, 4) is 0 Å². The SMILES string of the molecule is CN(CCNC1CCS(=O)(=O)C1)CC1CCC1. The minimum Gasteiger partial charge on any atom is -0.312 e. The Kier molecular flexibility index (Phi) is 4.44. The Labute approximate surface area is 105 Å². The standard InChI is InChI=1S/C12H24N2O2S/c1-14(9-11-3-2-4-11)7-6-13-12-5-8-17(15,16)10-12/h11-13H,2-10H2,1H3. The van der Waals surface area contributed by atoms with Gasteiger partial charge in [0.15, 0.2) is 9.84 Å². The molecule has 1 aliphatic heterocycles. The van der Waals surface area contributed by atoms with Crippen LogP contribution in [0.25, 0.3) is 0 Å². The zero-order valence-electron chi connectivity index (χ0n) is 10.7. The summed E-state index contributed by atoms with van der Waals surface area (Å²) in [5.74, 6) is 1.61. The summed E-state index contributed by atoms with van der Waals surface area (Å²) in [5, 5.41) is 3.36. The van der Waals surface area contributed by atoms with Crippen LogP contribution in [0.3, 0.4) is 0 Å². The van der Waals surface area contributed by atoms with Crippen LogP contribution in [-0.2, 0) is 9.84 Å². The second kappa shape index (κ2) is 5.67. The van der Waals surface area contributed by atoms with Crippen LogP contribution in [0.1, 0.15) is 25.7 Å². The van der Waals surface area contributed by atoms with Crippen LogP contribution in [0.5, 0.6) is 0 Å². The first kappa shape index (κ1) is 13.3. The van der Waals surface area contributed by atoms with Crippen molar-refractivity contribution in [3.63, 3.8) is 0 Å². The molecule has 2 rings (SSSR count). The average molecular weight is 260 g/mol. The van der Waals surface area contributed by atoms with E-state index in [1.54, 1.807) is 0 Å². The Bertz CT molecular complexity index is 338. The third-order valence-electron chi connectivity index (χ3n) is 3.95. The van der Waals surface area contributed by atoms with Crippen molar-refractivity contribution in [2.24, 2.45) is 5.92 Å². The molecule has 0 bridgehead atoms. The van der Waals surface area contributed by atoms with Crippen molar-refractivity contribution >= 4 is 9.84 Å². The van der Waals surface area contributed by atoms with Crippen molar-refractivity contribution in [3.05, 3.63) is 0 Å².